The number of nitro benzene ring substituents is 1. The first kappa shape index (κ1) is 14.6. The van der Waals surface area contributed by atoms with Crippen LogP contribution in [0.15, 0.2) is 24.3 Å². The van der Waals surface area contributed by atoms with Crippen LogP contribution in [0.5, 0.6) is 0 Å². The first-order valence-corrected chi connectivity index (χ1v) is 5.68. The van der Waals surface area contributed by atoms with Gasteiger partial charge in [0.2, 0.25) is 5.91 Å². The molecule has 0 radical (unpaired) electrons. The number of nitrogens with one attached hydrogen (secondary N) is 1. The molecule has 0 aliphatic heterocycles. The molecule has 19 heavy (non-hydrogen) atoms. The predicted molar refractivity (Wildman–Crippen MR) is 66.2 cm³/mol. The SMILES string of the molecule is CCC(=O)NCC(=O)OCc1ccc([N+](=O)[O-])cc1. The lowest BCUT2D eigenvalue weighted by molar-refractivity contribution is -0.384. The van der Waals surface area contributed by atoms with Gasteiger partial charge in [0.25, 0.3) is 5.69 Å². The minimum absolute atomic E-state index is 0.0127. The molecule has 0 saturated heterocycles. The summed E-state index contributed by atoms with van der Waals surface area (Å²) in [6.45, 7) is 1.51. The maximum atomic E-state index is 11.3. The van der Waals surface area contributed by atoms with E-state index in [1.807, 2.05) is 0 Å². The van der Waals surface area contributed by atoms with Crippen molar-refractivity contribution in [3.8, 4) is 0 Å². The summed E-state index contributed by atoms with van der Waals surface area (Å²) < 4.78 is 4.90. The number of hydrogen-bond donors (Lipinski definition) is 1. The number of carbonyl (C=O) groups is 2. The number of rotatable bonds is 6. The van der Waals surface area contributed by atoms with Crippen LogP contribution in [-0.4, -0.2) is 23.3 Å². The summed E-state index contributed by atoms with van der Waals surface area (Å²) in [6.07, 6.45) is 0.301. The third kappa shape index (κ3) is 5.15. The van der Waals surface area contributed by atoms with Crippen molar-refractivity contribution in [3.05, 3.63) is 39.9 Å². The molecule has 1 amide bonds. The van der Waals surface area contributed by atoms with Crippen LogP contribution < -0.4 is 5.32 Å². The third-order valence-electron chi connectivity index (χ3n) is 2.30. The van der Waals surface area contributed by atoms with E-state index in [0.717, 1.165) is 0 Å². The summed E-state index contributed by atoms with van der Waals surface area (Å²) in [4.78, 5) is 32.1. The zero-order chi connectivity index (χ0) is 14.3. The van der Waals surface area contributed by atoms with Crippen LogP contribution in [0.2, 0.25) is 0 Å². The summed E-state index contributed by atoms with van der Waals surface area (Å²) >= 11 is 0. The Balaban J connectivity index is 2.37. The molecule has 0 aliphatic rings. The van der Waals surface area contributed by atoms with E-state index in [1.54, 1.807) is 6.92 Å². The summed E-state index contributed by atoms with van der Waals surface area (Å²) in [6, 6.07) is 5.69. The third-order valence-corrected chi connectivity index (χ3v) is 2.30. The van der Waals surface area contributed by atoms with Gasteiger partial charge in [0.15, 0.2) is 0 Å². The lowest BCUT2D eigenvalue weighted by atomic mass is 10.2. The Bertz CT molecular complexity index is 470. The summed E-state index contributed by atoms with van der Waals surface area (Å²) in [5.74, 6) is -0.785. The Hall–Kier alpha value is -2.44. The van der Waals surface area contributed by atoms with Gasteiger partial charge in [-0.1, -0.05) is 6.92 Å². The van der Waals surface area contributed by atoms with Gasteiger partial charge in [0, 0.05) is 18.6 Å². The van der Waals surface area contributed by atoms with Crippen molar-refractivity contribution in [2.75, 3.05) is 6.54 Å². The van der Waals surface area contributed by atoms with Gasteiger partial charge in [-0.3, -0.25) is 19.7 Å². The number of esters is 1. The van der Waals surface area contributed by atoms with Gasteiger partial charge in [-0.15, -0.1) is 0 Å². The van der Waals surface area contributed by atoms with Gasteiger partial charge in [-0.2, -0.15) is 0 Å². The number of nitro groups is 1. The van der Waals surface area contributed by atoms with Crippen molar-refractivity contribution in [2.45, 2.75) is 20.0 Å². The molecule has 0 aromatic heterocycles. The fraction of sp³-hybridized carbons (Fsp3) is 0.333. The van der Waals surface area contributed by atoms with E-state index < -0.39 is 10.9 Å². The van der Waals surface area contributed by atoms with Gasteiger partial charge in [0.1, 0.15) is 13.2 Å². The first-order valence-electron chi connectivity index (χ1n) is 5.68. The summed E-state index contributed by atoms with van der Waals surface area (Å²) in [7, 11) is 0. The molecular formula is C12H14N2O5. The minimum atomic E-state index is -0.555. The highest BCUT2D eigenvalue weighted by molar-refractivity contribution is 5.81. The van der Waals surface area contributed by atoms with Crippen molar-refractivity contribution in [3.63, 3.8) is 0 Å². The molecule has 0 atom stereocenters. The summed E-state index contributed by atoms with van der Waals surface area (Å²) in [5, 5.41) is 12.8. The molecule has 1 aromatic rings. The molecule has 7 heteroatoms. The number of ether oxygens (including phenoxy) is 1. The number of nitrogens with zero attached hydrogens (tertiary/aromatic N) is 1. The Morgan fingerprint density at radius 3 is 2.47 bits per heavy atom. The Morgan fingerprint density at radius 2 is 1.95 bits per heavy atom. The predicted octanol–water partition coefficient (Wildman–Crippen LogP) is 1.16. The highest BCUT2D eigenvalue weighted by atomic mass is 16.6. The monoisotopic (exact) mass is 266 g/mol. The highest BCUT2D eigenvalue weighted by Gasteiger charge is 2.07. The maximum Gasteiger partial charge on any atom is 0.325 e. The molecule has 0 spiro atoms. The molecule has 0 bridgehead atoms. The van der Waals surface area contributed by atoms with E-state index >= 15 is 0 Å². The standard InChI is InChI=1S/C12H14N2O5/c1-2-11(15)13-7-12(16)19-8-9-3-5-10(6-4-9)14(17)18/h3-6H,2,7-8H2,1H3,(H,13,15). The van der Waals surface area contributed by atoms with E-state index in [0.29, 0.717) is 12.0 Å². The quantitative estimate of drug-likeness (QED) is 0.473. The van der Waals surface area contributed by atoms with E-state index in [9.17, 15) is 19.7 Å². The Morgan fingerprint density at radius 1 is 1.32 bits per heavy atom. The van der Waals surface area contributed by atoms with Crippen molar-refractivity contribution in [1.29, 1.82) is 0 Å². The number of benzene rings is 1. The van der Waals surface area contributed by atoms with E-state index in [2.05, 4.69) is 5.32 Å². The normalized spacial score (nSPS) is 9.74. The molecule has 0 heterocycles. The highest BCUT2D eigenvalue weighted by Crippen LogP contribution is 2.12. The molecule has 0 saturated carbocycles. The minimum Gasteiger partial charge on any atom is -0.460 e. The van der Waals surface area contributed by atoms with Crippen molar-refractivity contribution in [2.24, 2.45) is 0 Å². The van der Waals surface area contributed by atoms with Crippen LogP contribution in [0, 0.1) is 10.1 Å². The van der Waals surface area contributed by atoms with Gasteiger partial charge in [-0.25, -0.2) is 0 Å². The number of amides is 1. The Labute approximate surface area is 109 Å². The van der Waals surface area contributed by atoms with Gasteiger partial charge in [-0.05, 0) is 17.7 Å². The molecule has 0 fully saturated rings. The lowest BCUT2D eigenvalue weighted by Crippen LogP contribution is -2.29. The Kier molecular flexibility index (Phi) is 5.46. The second-order valence-corrected chi connectivity index (χ2v) is 3.71. The molecule has 7 nitrogen and oxygen atoms in total. The average molecular weight is 266 g/mol. The van der Waals surface area contributed by atoms with Crippen LogP contribution in [0.4, 0.5) is 5.69 Å². The average Bonchev–Trinajstić information content (AvgIpc) is 2.42. The fourth-order valence-electron chi connectivity index (χ4n) is 1.22. The largest absolute Gasteiger partial charge is 0.460 e. The molecule has 102 valence electrons. The molecule has 0 aliphatic carbocycles. The van der Waals surface area contributed by atoms with E-state index in [-0.39, 0.29) is 24.7 Å². The zero-order valence-corrected chi connectivity index (χ0v) is 10.4. The lowest BCUT2D eigenvalue weighted by Gasteiger charge is -2.05. The molecule has 1 N–H and O–H groups in total. The second-order valence-electron chi connectivity index (χ2n) is 3.71. The molecule has 1 rings (SSSR count). The van der Waals surface area contributed by atoms with Gasteiger partial charge >= 0.3 is 5.97 Å². The van der Waals surface area contributed by atoms with Crippen molar-refractivity contribution in [1.82, 2.24) is 5.32 Å². The van der Waals surface area contributed by atoms with E-state index in [1.165, 1.54) is 24.3 Å². The molecular weight excluding hydrogens is 252 g/mol. The zero-order valence-electron chi connectivity index (χ0n) is 10.4. The number of non-ortho nitro benzene ring substituents is 1. The van der Waals surface area contributed by atoms with E-state index in [4.69, 9.17) is 4.74 Å². The van der Waals surface area contributed by atoms with Crippen LogP contribution >= 0.6 is 0 Å². The second kappa shape index (κ2) is 7.10. The van der Waals surface area contributed by atoms with Gasteiger partial charge in [0.05, 0.1) is 4.92 Å². The van der Waals surface area contributed by atoms with Crippen LogP contribution in [-0.2, 0) is 20.9 Å². The fourth-order valence-corrected chi connectivity index (χ4v) is 1.22. The van der Waals surface area contributed by atoms with Gasteiger partial charge < -0.3 is 10.1 Å². The first-order chi connectivity index (χ1) is 9.02. The van der Waals surface area contributed by atoms with Crippen LogP contribution in [0.1, 0.15) is 18.9 Å². The molecule has 1 aromatic carbocycles. The summed E-state index contributed by atoms with van der Waals surface area (Å²) in [5.41, 5.74) is 0.617. The van der Waals surface area contributed by atoms with Crippen molar-refractivity contribution < 1.29 is 19.2 Å². The maximum absolute atomic E-state index is 11.3. The number of carbonyl (C=O) groups excluding carboxylic acids is 2. The van der Waals surface area contributed by atoms with Crippen molar-refractivity contribution >= 4 is 17.6 Å². The van der Waals surface area contributed by atoms with Crippen LogP contribution in [0.3, 0.4) is 0 Å². The molecule has 0 unspecified atom stereocenters. The smallest absolute Gasteiger partial charge is 0.325 e. The number of hydrogen-bond acceptors (Lipinski definition) is 5. The van der Waals surface area contributed by atoms with Crippen LogP contribution in [0.25, 0.3) is 0 Å². The topological polar surface area (TPSA) is 98.5 Å².